The molecule has 2 heterocycles. The third-order valence-corrected chi connectivity index (χ3v) is 5.92. The summed E-state index contributed by atoms with van der Waals surface area (Å²) in [5, 5.41) is 7.40. The van der Waals surface area contributed by atoms with E-state index in [1.165, 1.54) is 0 Å². The van der Waals surface area contributed by atoms with Gasteiger partial charge in [0, 0.05) is 24.4 Å². The number of ether oxygens (including phenoxy) is 1. The van der Waals surface area contributed by atoms with Gasteiger partial charge in [-0.15, -0.1) is 0 Å². The minimum atomic E-state index is -0.387. The summed E-state index contributed by atoms with van der Waals surface area (Å²) in [7, 11) is 0. The minimum Gasteiger partial charge on any atom is -0.379 e. The quantitative estimate of drug-likeness (QED) is 0.438. The average molecular weight is 461 g/mol. The number of aromatic nitrogens is 2. The molecule has 1 aliphatic heterocycles. The summed E-state index contributed by atoms with van der Waals surface area (Å²) in [6.07, 6.45) is 0.885. The van der Waals surface area contributed by atoms with Crippen molar-refractivity contribution in [3.63, 3.8) is 0 Å². The Balaban J connectivity index is 1.71. The fourth-order valence-corrected chi connectivity index (χ4v) is 4.11. The Hall–Kier alpha value is -3.45. The van der Waals surface area contributed by atoms with E-state index < -0.39 is 0 Å². The van der Waals surface area contributed by atoms with Gasteiger partial charge >= 0.3 is 6.03 Å². The monoisotopic (exact) mass is 460 g/mol. The Bertz CT molecular complexity index is 1180. The zero-order valence-corrected chi connectivity index (χ0v) is 20.5. The Morgan fingerprint density at radius 2 is 1.85 bits per heavy atom. The van der Waals surface area contributed by atoms with Crippen LogP contribution in [0.1, 0.15) is 55.8 Å². The van der Waals surface area contributed by atoms with Crippen molar-refractivity contribution in [2.45, 2.75) is 53.2 Å². The number of aryl methyl sites for hydroxylation is 2. The largest absolute Gasteiger partial charge is 0.379 e. The summed E-state index contributed by atoms with van der Waals surface area (Å²) in [6, 6.07) is 15.6. The van der Waals surface area contributed by atoms with Gasteiger partial charge in [0.15, 0.2) is 0 Å². The van der Waals surface area contributed by atoms with E-state index >= 15 is 0 Å². The van der Waals surface area contributed by atoms with Crippen molar-refractivity contribution in [3.05, 3.63) is 76.8 Å². The molecule has 0 saturated heterocycles. The van der Waals surface area contributed by atoms with Crippen molar-refractivity contribution >= 4 is 11.6 Å². The van der Waals surface area contributed by atoms with Gasteiger partial charge in [-0.1, -0.05) is 58.7 Å². The van der Waals surface area contributed by atoms with Crippen molar-refractivity contribution in [1.29, 1.82) is 0 Å². The molecule has 178 valence electrons. The number of urea groups is 1. The molecule has 0 saturated carbocycles. The third-order valence-electron chi connectivity index (χ3n) is 5.92. The van der Waals surface area contributed by atoms with Gasteiger partial charge in [0.1, 0.15) is 0 Å². The van der Waals surface area contributed by atoms with Gasteiger partial charge in [0.2, 0.25) is 5.82 Å². The Morgan fingerprint density at radius 1 is 1.09 bits per heavy atom. The SMILES string of the molecule is CC1=C(c2nc(-c3cccc(C)c3)no2)C(c2ccc(C)cc2)NC(=O)N1CCCOC(C)C. The van der Waals surface area contributed by atoms with E-state index in [4.69, 9.17) is 14.2 Å². The first-order valence-corrected chi connectivity index (χ1v) is 11.7. The lowest BCUT2D eigenvalue weighted by Gasteiger charge is -2.35. The summed E-state index contributed by atoms with van der Waals surface area (Å²) in [5.74, 6) is 0.929. The van der Waals surface area contributed by atoms with Crippen LogP contribution in [0.3, 0.4) is 0 Å². The van der Waals surface area contributed by atoms with E-state index in [-0.39, 0.29) is 18.2 Å². The van der Waals surface area contributed by atoms with Crippen LogP contribution in [0, 0.1) is 13.8 Å². The summed E-state index contributed by atoms with van der Waals surface area (Å²) >= 11 is 0. The van der Waals surface area contributed by atoms with Crippen LogP contribution >= 0.6 is 0 Å². The second-order valence-corrected chi connectivity index (χ2v) is 9.01. The zero-order chi connectivity index (χ0) is 24.2. The first-order valence-electron chi connectivity index (χ1n) is 11.7. The minimum absolute atomic E-state index is 0.144. The number of nitrogens with one attached hydrogen (secondary N) is 1. The van der Waals surface area contributed by atoms with Crippen LogP contribution in [0.2, 0.25) is 0 Å². The van der Waals surface area contributed by atoms with Crippen molar-refractivity contribution in [2.24, 2.45) is 0 Å². The number of carbonyl (C=O) groups excluding carboxylic acids is 1. The molecule has 1 aromatic heterocycles. The molecule has 7 heteroatoms. The lowest BCUT2D eigenvalue weighted by molar-refractivity contribution is 0.0736. The van der Waals surface area contributed by atoms with Crippen LogP contribution in [-0.2, 0) is 4.74 Å². The average Bonchev–Trinajstić information content (AvgIpc) is 3.28. The van der Waals surface area contributed by atoms with Gasteiger partial charge in [0.05, 0.1) is 17.7 Å². The van der Waals surface area contributed by atoms with Gasteiger partial charge in [-0.05, 0) is 52.7 Å². The number of nitrogens with zero attached hydrogens (tertiary/aromatic N) is 3. The lowest BCUT2D eigenvalue weighted by atomic mass is 9.94. The molecule has 0 aliphatic carbocycles. The van der Waals surface area contributed by atoms with Gasteiger partial charge in [-0.3, -0.25) is 4.90 Å². The van der Waals surface area contributed by atoms with Crippen LogP contribution in [0.5, 0.6) is 0 Å². The number of carbonyl (C=O) groups is 1. The summed E-state index contributed by atoms with van der Waals surface area (Å²) in [4.78, 5) is 19.6. The maximum atomic E-state index is 13.1. The Kier molecular flexibility index (Phi) is 7.12. The van der Waals surface area contributed by atoms with Gasteiger partial charge in [-0.2, -0.15) is 4.98 Å². The van der Waals surface area contributed by atoms with Crippen molar-refractivity contribution in [1.82, 2.24) is 20.4 Å². The fourth-order valence-electron chi connectivity index (χ4n) is 4.11. The molecule has 7 nitrogen and oxygen atoms in total. The number of hydrogen-bond donors (Lipinski definition) is 1. The topological polar surface area (TPSA) is 80.5 Å². The molecule has 2 aromatic carbocycles. The number of amides is 2. The standard InChI is InChI=1S/C27H32N4O3/c1-17(2)33-15-7-14-31-20(5)23(24(28-27(31)32)21-12-10-18(3)11-13-21)26-29-25(30-34-26)22-9-6-8-19(4)16-22/h6,8-13,16-17,24H,7,14-15H2,1-5H3,(H,28,32). The van der Waals surface area contributed by atoms with Gasteiger partial charge in [-0.25, -0.2) is 4.79 Å². The van der Waals surface area contributed by atoms with Crippen molar-refractivity contribution < 1.29 is 14.1 Å². The first-order chi connectivity index (χ1) is 16.3. The molecule has 1 unspecified atom stereocenters. The molecule has 2 amide bonds. The van der Waals surface area contributed by atoms with Crippen LogP contribution in [0.25, 0.3) is 17.0 Å². The third kappa shape index (κ3) is 5.20. The summed E-state index contributed by atoms with van der Waals surface area (Å²) in [6.45, 7) is 11.1. The maximum absolute atomic E-state index is 13.1. The fraction of sp³-hybridized carbons (Fsp3) is 0.370. The second kappa shape index (κ2) is 10.2. The van der Waals surface area contributed by atoms with Gasteiger partial charge in [0.25, 0.3) is 5.89 Å². The predicted molar refractivity (Wildman–Crippen MR) is 132 cm³/mol. The van der Waals surface area contributed by atoms with E-state index in [0.29, 0.717) is 24.9 Å². The molecule has 0 radical (unpaired) electrons. The summed E-state index contributed by atoms with van der Waals surface area (Å²) < 4.78 is 11.4. The first kappa shape index (κ1) is 23.7. The van der Waals surface area contributed by atoms with Crippen LogP contribution in [0.15, 0.2) is 58.8 Å². The number of hydrogen-bond acceptors (Lipinski definition) is 5. The van der Waals surface area contributed by atoms with Crippen LogP contribution in [-0.4, -0.2) is 40.3 Å². The molecule has 1 N–H and O–H groups in total. The Labute approximate surface area is 200 Å². The molecular weight excluding hydrogens is 428 g/mol. The van der Waals surface area contributed by atoms with Gasteiger partial charge < -0.3 is 14.6 Å². The highest BCUT2D eigenvalue weighted by Gasteiger charge is 2.35. The zero-order valence-electron chi connectivity index (χ0n) is 20.5. The molecule has 0 spiro atoms. The Morgan fingerprint density at radius 3 is 2.56 bits per heavy atom. The maximum Gasteiger partial charge on any atom is 0.322 e. The molecule has 34 heavy (non-hydrogen) atoms. The second-order valence-electron chi connectivity index (χ2n) is 9.01. The van der Waals surface area contributed by atoms with E-state index in [1.807, 2.05) is 83.1 Å². The van der Waals surface area contributed by atoms with Crippen molar-refractivity contribution in [2.75, 3.05) is 13.2 Å². The van der Waals surface area contributed by atoms with Crippen LogP contribution < -0.4 is 5.32 Å². The van der Waals surface area contributed by atoms with E-state index in [2.05, 4.69) is 10.5 Å². The number of rotatable bonds is 8. The van der Waals surface area contributed by atoms with Crippen LogP contribution in [0.4, 0.5) is 4.79 Å². The molecule has 1 aliphatic rings. The lowest BCUT2D eigenvalue weighted by Crippen LogP contribution is -2.46. The number of allylic oxidation sites excluding steroid dienone is 1. The molecule has 1 atom stereocenters. The predicted octanol–water partition coefficient (Wildman–Crippen LogP) is 5.67. The van der Waals surface area contributed by atoms with E-state index in [0.717, 1.165) is 39.9 Å². The normalized spacial score (nSPS) is 16.4. The van der Waals surface area contributed by atoms with E-state index in [9.17, 15) is 4.79 Å². The highest BCUT2D eigenvalue weighted by Crippen LogP contribution is 2.37. The molecular formula is C27H32N4O3. The molecule has 0 fully saturated rings. The molecule has 3 aromatic rings. The number of benzene rings is 2. The summed E-state index contributed by atoms with van der Waals surface area (Å²) in [5.41, 5.74) is 5.74. The molecule has 0 bridgehead atoms. The smallest absolute Gasteiger partial charge is 0.322 e. The molecule has 4 rings (SSSR count). The van der Waals surface area contributed by atoms with Crippen molar-refractivity contribution in [3.8, 4) is 11.4 Å². The van der Waals surface area contributed by atoms with E-state index in [1.54, 1.807) is 4.90 Å². The highest BCUT2D eigenvalue weighted by atomic mass is 16.5. The highest BCUT2D eigenvalue weighted by molar-refractivity contribution is 5.86.